The van der Waals surface area contributed by atoms with Gasteiger partial charge in [-0.1, -0.05) is 43.8 Å². The fourth-order valence-electron chi connectivity index (χ4n) is 3.47. The Morgan fingerprint density at radius 2 is 1.89 bits per heavy atom. The molecule has 2 unspecified atom stereocenters. The fourth-order valence-corrected chi connectivity index (χ4v) is 3.47. The van der Waals surface area contributed by atoms with E-state index in [4.69, 9.17) is 9.47 Å². The molecule has 1 fully saturated rings. The molecule has 3 rings (SSSR count). The number of halogens is 3. The molecule has 0 aliphatic carbocycles. The van der Waals surface area contributed by atoms with Crippen LogP contribution in [0.4, 0.5) is 13.2 Å². The van der Waals surface area contributed by atoms with E-state index in [1.54, 1.807) is 6.07 Å². The van der Waals surface area contributed by atoms with E-state index in [0.717, 1.165) is 25.9 Å². The van der Waals surface area contributed by atoms with Crippen LogP contribution in [0.2, 0.25) is 0 Å². The Kier molecular flexibility index (Phi) is 6.92. The molecular formula is C23H25F3O2. The minimum atomic E-state index is -1.08. The van der Waals surface area contributed by atoms with Crippen molar-refractivity contribution in [1.82, 2.24) is 0 Å². The maximum Gasteiger partial charge on any atom is 0.167 e. The molecule has 150 valence electrons. The number of ether oxygens (including phenoxy) is 2. The van der Waals surface area contributed by atoms with Gasteiger partial charge in [0, 0.05) is 29.2 Å². The first kappa shape index (κ1) is 20.6. The summed E-state index contributed by atoms with van der Waals surface area (Å²) < 4.78 is 54.5. The summed E-state index contributed by atoms with van der Waals surface area (Å²) in [6.45, 7) is 7.51. The van der Waals surface area contributed by atoms with Gasteiger partial charge in [-0.15, -0.1) is 0 Å². The SMILES string of the molecule is C=Cc1ccc(-c2ccc(C3CCC(COCCC)CO3)cc2F)c(F)c1F. The molecule has 2 atom stereocenters. The van der Waals surface area contributed by atoms with Crippen molar-refractivity contribution < 1.29 is 22.6 Å². The summed E-state index contributed by atoms with van der Waals surface area (Å²) in [6.07, 6.45) is 3.73. The van der Waals surface area contributed by atoms with Crippen LogP contribution in [0.3, 0.4) is 0 Å². The lowest BCUT2D eigenvalue weighted by atomic mass is 9.93. The van der Waals surface area contributed by atoms with Gasteiger partial charge in [0.15, 0.2) is 11.6 Å². The molecule has 1 aliphatic heterocycles. The highest BCUT2D eigenvalue weighted by atomic mass is 19.2. The average Bonchev–Trinajstić information content (AvgIpc) is 2.71. The molecule has 0 spiro atoms. The van der Waals surface area contributed by atoms with Crippen molar-refractivity contribution in [3.05, 3.63) is 65.5 Å². The lowest BCUT2D eigenvalue weighted by molar-refractivity contribution is -0.0434. The minimum absolute atomic E-state index is 0.0254. The van der Waals surface area contributed by atoms with Gasteiger partial charge in [0.1, 0.15) is 5.82 Å². The zero-order valence-electron chi connectivity index (χ0n) is 16.0. The van der Waals surface area contributed by atoms with Crippen LogP contribution in [0.15, 0.2) is 36.9 Å². The van der Waals surface area contributed by atoms with Crippen molar-refractivity contribution >= 4 is 6.08 Å². The van der Waals surface area contributed by atoms with E-state index in [0.29, 0.717) is 24.7 Å². The Labute approximate surface area is 164 Å². The Hall–Kier alpha value is -2.11. The lowest BCUT2D eigenvalue weighted by Crippen LogP contribution is -2.24. The molecule has 5 heteroatoms. The molecule has 0 saturated carbocycles. The quantitative estimate of drug-likeness (QED) is 0.516. The molecule has 1 heterocycles. The predicted molar refractivity (Wildman–Crippen MR) is 104 cm³/mol. The Morgan fingerprint density at radius 3 is 2.54 bits per heavy atom. The van der Waals surface area contributed by atoms with E-state index in [1.807, 2.05) is 0 Å². The van der Waals surface area contributed by atoms with E-state index in [1.165, 1.54) is 30.3 Å². The standard InChI is InChI=1S/C23H25F3O2/c1-3-11-27-13-15-5-10-21(28-14-15)17-7-8-18(20(24)12-17)19-9-6-16(4-2)22(25)23(19)26/h4,6-9,12,15,21H,2-3,5,10-11,13-14H2,1H3. The molecule has 2 aromatic carbocycles. The summed E-state index contributed by atoms with van der Waals surface area (Å²) in [7, 11) is 0. The van der Waals surface area contributed by atoms with Crippen molar-refractivity contribution in [2.75, 3.05) is 19.8 Å². The first-order valence-corrected chi connectivity index (χ1v) is 9.64. The van der Waals surface area contributed by atoms with E-state index in [9.17, 15) is 13.2 Å². The fraction of sp³-hybridized carbons (Fsp3) is 0.391. The van der Waals surface area contributed by atoms with Gasteiger partial charge in [-0.3, -0.25) is 0 Å². The van der Waals surface area contributed by atoms with E-state index >= 15 is 0 Å². The van der Waals surface area contributed by atoms with Crippen LogP contribution in [0, 0.1) is 23.4 Å². The van der Waals surface area contributed by atoms with Gasteiger partial charge in [0.25, 0.3) is 0 Å². The molecule has 0 N–H and O–H groups in total. The van der Waals surface area contributed by atoms with Crippen LogP contribution in [-0.2, 0) is 9.47 Å². The molecule has 2 aromatic rings. The van der Waals surface area contributed by atoms with Gasteiger partial charge in [-0.2, -0.15) is 0 Å². The number of rotatable bonds is 7. The second-order valence-electron chi connectivity index (χ2n) is 7.11. The summed E-state index contributed by atoms with van der Waals surface area (Å²) in [4.78, 5) is 0. The van der Waals surface area contributed by atoms with Crippen LogP contribution >= 0.6 is 0 Å². The summed E-state index contributed by atoms with van der Waals surface area (Å²) in [5.74, 6) is -2.35. The van der Waals surface area contributed by atoms with Gasteiger partial charge in [0.05, 0.1) is 19.3 Å². The summed E-state index contributed by atoms with van der Waals surface area (Å²) in [6, 6.07) is 7.31. The van der Waals surface area contributed by atoms with Crippen LogP contribution in [0.1, 0.15) is 43.4 Å². The van der Waals surface area contributed by atoms with Crippen LogP contribution in [-0.4, -0.2) is 19.8 Å². The number of hydrogen-bond donors (Lipinski definition) is 0. The van der Waals surface area contributed by atoms with Crippen LogP contribution in [0.5, 0.6) is 0 Å². The number of hydrogen-bond acceptors (Lipinski definition) is 2. The van der Waals surface area contributed by atoms with Crippen molar-refractivity contribution in [3.8, 4) is 11.1 Å². The van der Waals surface area contributed by atoms with E-state index in [-0.39, 0.29) is 22.8 Å². The summed E-state index contributed by atoms with van der Waals surface area (Å²) in [5.41, 5.74) is 0.673. The number of benzene rings is 2. The highest BCUT2D eigenvalue weighted by Crippen LogP contribution is 2.34. The summed E-state index contributed by atoms with van der Waals surface area (Å²) >= 11 is 0. The van der Waals surface area contributed by atoms with Gasteiger partial charge < -0.3 is 9.47 Å². The highest BCUT2D eigenvalue weighted by Gasteiger charge is 2.24. The molecule has 1 saturated heterocycles. The van der Waals surface area contributed by atoms with E-state index in [2.05, 4.69) is 13.5 Å². The van der Waals surface area contributed by atoms with E-state index < -0.39 is 17.5 Å². The average molecular weight is 390 g/mol. The zero-order chi connectivity index (χ0) is 20.1. The first-order chi connectivity index (χ1) is 13.5. The highest BCUT2D eigenvalue weighted by molar-refractivity contribution is 5.67. The lowest BCUT2D eigenvalue weighted by Gasteiger charge is -2.29. The normalized spacial score (nSPS) is 19.6. The van der Waals surface area contributed by atoms with Gasteiger partial charge in [-0.25, -0.2) is 13.2 Å². The minimum Gasteiger partial charge on any atom is -0.381 e. The zero-order valence-corrected chi connectivity index (χ0v) is 16.0. The van der Waals surface area contributed by atoms with Crippen LogP contribution in [0.25, 0.3) is 17.2 Å². The third kappa shape index (κ3) is 4.47. The summed E-state index contributed by atoms with van der Waals surface area (Å²) in [5, 5.41) is 0. The molecule has 1 aliphatic rings. The largest absolute Gasteiger partial charge is 0.381 e. The third-order valence-electron chi connectivity index (χ3n) is 5.06. The van der Waals surface area contributed by atoms with Crippen molar-refractivity contribution in [2.45, 2.75) is 32.3 Å². The molecular weight excluding hydrogens is 365 g/mol. The second kappa shape index (κ2) is 9.39. The third-order valence-corrected chi connectivity index (χ3v) is 5.06. The monoisotopic (exact) mass is 390 g/mol. The first-order valence-electron chi connectivity index (χ1n) is 9.64. The molecule has 0 aromatic heterocycles. The molecule has 0 amide bonds. The Balaban J connectivity index is 1.72. The van der Waals surface area contributed by atoms with Gasteiger partial charge >= 0.3 is 0 Å². The van der Waals surface area contributed by atoms with Crippen molar-refractivity contribution in [1.29, 1.82) is 0 Å². The maximum atomic E-state index is 14.7. The van der Waals surface area contributed by atoms with Crippen molar-refractivity contribution in [2.24, 2.45) is 5.92 Å². The molecule has 0 bridgehead atoms. The smallest absolute Gasteiger partial charge is 0.167 e. The maximum absolute atomic E-state index is 14.7. The molecule has 28 heavy (non-hydrogen) atoms. The van der Waals surface area contributed by atoms with Crippen LogP contribution < -0.4 is 0 Å². The Bertz CT molecular complexity index is 827. The Morgan fingerprint density at radius 1 is 1.11 bits per heavy atom. The second-order valence-corrected chi connectivity index (χ2v) is 7.11. The molecule has 0 radical (unpaired) electrons. The topological polar surface area (TPSA) is 18.5 Å². The van der Waals surface area contributed by atoms with Gasteiger partial charge in [0.2, 0.25) is 0 Å². The molecule has 2 nitrogen and oxygen atoms in total. The van der Waals surface area contributed by atoms with Crippen molar-refractivity contribution in [3.63, 3.8) is 0 Å². The predicted octanol–water partition coefficient (Wildman–Crippen LogP) is 6.31. The van der Waals surface area contributed by atoms with Gasteiger partial charge in [-0.05, 0) is 30.9 Å².